The van der Waals surface area contributed by atoms with E-state index in [2.05, 4.69) is 0 Å². The lowest BCUT2D eigenvalue weighted by Gasteiger charge is -2.05. The molecule has 2 aromatic heterocycles. The smallest absolute Gasteiger partial charge is 0.261 e. The number of fused-ring (bicyclic) bond motifs is 4. The Balaban J connectivity index is 0.000000174. The first-order chi connectivity index (χ1) is 19.8. The Bertz CT molecular complexity index is 2080. The van der Waals surface area contributed by atoms with Crippen molar-refractivity contribution in [2.75, 3.05) is 14.1 Å². The molecule has 0 spiro atoms. The molecule has 4 heterocycles. The van der Waals surface area contributed by atoms with E-state index in [0.29, 0.717) is 33.4 Å². The molecule has 0 bridgehead atoms. The van der Waals surface area contributed by atoms with Gasteiger partial charge in [0.05, 0.1) is 43.8 Å². The van der Waals surface area contributed by atoms with E-state index in [4.69, 9.17) is 0 Å². The minimum Gasteiger partial charge on any atom is -0.277 e. The molecular weight excluding hydrogens is 556 g/mol. The van der Waals surface area contributed by atoms with E-state index < -0.39 is 22.2 Å². The Morgan fingerprint density at radius 1 is 0.395 bits per heavy atom. The zero-order chi connectivity index (χ0) is 30.4. The number of hydrogen-bond donors (Lipinski definition) is 0. The SMILES string of the molecule is C.CN1C(=O)c2ccc(-c3ccc4c(c3)C(=O)N(C)C4=O)cc2C1=O.Cn1c(=O)c2cc3c(=O)n(C)c(=O)c3cc2c1=O. The second-order valence-corrected chi connectivity index (χ2v) is 10.1. The molecule has 2 aliphatic rings. The van der Waals surface area contributed by atoms with Crippen molar-refractivity contribution in [2.45, 2.75) is 7.43 Å². The number of aromatic nitrogens is 2. The van der Waals surface area contributed by atoms with Gasteiger partial charge in [0.2, 0.25) is 0 Å². The summed E-state index contributed by atoms with van der Waals surface area (Å²) in [6.07, 6.45) is 0. The Kier molecular flexibility index (Phi) is 6.45. The number of carbonyl (C=O) groups excluding carboxylic acids is 4. The van der Waals surface area contributed by atoms with Gasteiger partial charge in [0.1, 0.15) is 0 Å². The van der Waals surface area contributed by atoms with Crippen LogP contribution >= 0.6 is 0 Å². The van der Waals surface area contributed by atoms with E-state index in [1.165, 1.54) is 40.3 Å². The molecule has 0 N–H and O–H groups in total. The van der Waals surface area contributed by atoms with Crippen LogP contribution < -0.4 is 22.2 Å². The van der Waals surface area contributed by atoms with Gasteiger partial charge in [0, 0.05) is 28.2 Å². The van der Waals surface area contributed by atoms with Crippen LogP contribution in [0, 0.1) is 0 Å². The largest absolute Gasteiger partial charge is 0.277 e. The average Bonchev–Trinajstić information content (AvgIpc) is 3.54. The minimum atomic E-state index is -0.451. The molecule has 0 saturated carbocycles. The summed E-state index contributed by atoms with van der Waals surface area (Å²) in [5.41, 5.74) is 1.06. The third-order valence-electron chi connectivity index (χ3n) is 7.81. The highest BCUT2D eigenvalue weighted by Crippen LogP contribution is 2.31. The highest BCUT2D eigenvalue weighted by atomic mass is 16.2. The van der Waals surface area contributed by atoms with Crippen LogP contribution in [0.15, 0.2) is 67.7 Å². The zero-order valence-corrected chi connectivity index (χ0v) is 22.7. The van der Waals surface area contributed by atoms with Gasteiger partial charge in [-0.3, -0.25) is 57.3 Å². The molecule has 0 atom stereocenters. The number of rotatable bonds is 1. The highest BCUT2D eigenvalue weighted by Gasteiger charge is 2.34. The summed E-state index contributed by atoms with van der Waals surface area (Å²) in [5, 5.41) is 0.714. The number of nitrogens with zero attached hydrogens (tertiary/aromatic N) is 4. The first kappa shape index (κ1) is 28.7. The minimum absolute atomic E-state index is 0. The summed E-state index contributed by atoms with van der Waals surface area (Å²) in [6.45, 7) is 0. The lowest BCUT2D eigenvalue weighted by atomic mass is 9.97. The summed E-state index contributed by atoms with van der Waals surface area (Å²) in [5.74, 6) is -1.33. The van der Waals surface area contributed by atoms with Crippen molar-refractivity contribution in [2.24, 2.45) is 14.1 Å². The van der Waals surface area contributed by atoms with Gasteiger partial charge in [-0.05, 0) is 47.5 Å². The fourth-order valence-corrected chi connectivity index (χ4v) is 5.30. The molecule has 7 rings (SSSR count). The van der Waals surface area contributed by atoms with Gasteiger partial charge in [-0.2, -0.15) is 0 Å². The van der Waals surface area contributed by atoms with E-state index in [-0.39, 0.29) is 52.6 Å². The number of imide groups is 2. The molecule has 0 aliphatic carbocycles. The Labute approximate surface area is 242 Å². The van der Waals surface area contributed by atoms with Crippen LogP contribution in [0.25, 0.3) is 32.7 Å². The fourth-order valence-electron chi connectivity index (χ4n) is 5.30. The fraction of sp³-hybridized carbons (Fsp3) is 0.161. The Morgan fingerprint density at radius 3 is 0.977 bits per heavy atom. The molecule has 3 aromatic carbocycles. The number of carbonyl (C=O) groups is 4. The Hall–Kier alpha value is -5.78. The van der Waals surface area contributed by atoms with E-state index in [1.54, 1.807) is 36.4 Å². The molecule has 12 heteroatoms. The summed E-state index contributed by atoms with van der Waals surface area (Å²) < 4.78 is 1.94. The van der Waals surface area contributed by atoms with Gasteiger partial charge >= 0.3 is 0 Å². The number of benzene rings is 3. The van der Waals surface area contributed by atoms with E-state index in [1.807, 2.05) is 0 Å². The maximum Gasteiger partial charge on any atom is 0.261 e. The van der Waals surface area contributed by atoms with Gasteiger partial charge in [0.25, 0.3) is 45.9 Å². The van der Waals surface area contributed by atoms with Crippen LogP contribution in [0.5, 0.6) is 0 Å². The second kappa shape index (κ2) is 9.65. The van der Waals surface area contributed by atoms with Crippen LogP contribution in [-0.2, 0) is 14.1 Å². The van der Waals surface area contributed by atoms with Crippen LogP contribution in [0.3, 0.4) is 0 Å². The molecule has 0 fully saturated rings. The zero-order valence-electron chi connectivity index (χ0n) is 22.7. The number of amides is 4. The molecule has 0 unspecified atom stereocenters. The topological polar surface area (TPSA) is 153 Å². The van der Waals surface area contributed by atoms with Crippen LogP contribution in [-0.4, -0.2) is 56.7 Å². The molecule has 43 heavy (non-hydrogen) atoms. The summed E-state index contributed by atoms with van der Waals surface area (Å²) in [4.78, 5) is 97.4. The van der Waals surface area contributed by atoms with Crippen molar-refractivity contribution >= 4 is 45.2 Å². The number of hydrogen-bond acceptors (Lipinski definition) is 8. The van der Waals surface area contributed by atoms with Gasteiger partial charge < -0.3 is 0 Å². The molecule has 12 nitrogen and oxygen atoms in total. The molecule has 5 aromatic rings. The van der Waals surface area contributed by atoms with Crippen molar-refractivity contribution in [3.05, 3.63) is 112 Å². The highest BCUT2D eigenvalue weighted by molar-refractivity contribution is 6.22. The standard InChI is InChI=1S/C18H12N2O4.C12H8N2O4.CH4/c1-19-15(21)11-5-3-9(7-13(11)17(19)23)10-4-6-12-14(8-10)18(24)20(2)16(12)22;1-13-9(15)5-3-7-8(4-6(5)10(13)16)12(18)14(2)11(7)17;/h3-8H,1-2H3;3-4H,1-2H3;1H4. The second-order valence-electron chi connectivity index (χ2n) is 10.1. The van der Waals surface area contributed by atoms with Crippen LogP contribution in [0.2, 0.25) is 0 Å². The Morgan fingerprint density at radius 2 is 0.674 bits per heavy atom. The lowest BCUT2D eigenvalue weighted by Crippen LogP contribution is -2.24. The summed E-state index contributed by atoms with van der Waals surface area (Å²) in [7, 11) is 5.62. The van der Waals surface area contributed by atoms with E-state index in [0.717, 1.165) is 18.9 Å². The third kappa shape index (κ3) is 3.90. The van der Waals surface area contributed by atoms with Gasteiger partial charge in [-0.1, -0.05) is 19.6 Å². The monoisotopic (exact) mass is 580 g/mol. The van der Waals surface area contributed by atoms with Crippen molar-refractivity contribution < 1.29 is 19.2 Å². The average molecular weight is 581 g/mol. The predicted molar refractivity (Wildman–Crippen MR) is 158 cm³/mol. The normalized spacial score (nSPS) is 13.9. The molecule has 2 aliphatic heterocycles. The third-order valence-corrected chi connectivity index (χ3v) is 7.81. The van der Waals surface area contributed by atoms with Gasteiger partial charge in [0.15, 0.2) is 0 Å². The first-order valence-electron chi connectivity index (χ1n) is 12.6. The summed E-state index contributed by atoms with van der Waals surface area (Å²) >= 11 is 0. The maximum atomic E-state index is 12.1. The van der Waals surface area contributed by atoms with E-state index >= 15 is 0 Å². The van der Waals surface area contributed by atoms with E-state index in [9.17, 15) is 38.4 Å². The van der Waals surface area contributed by atoms with Gasteiger partial charge in [-0.15, -0.1) is 0 Å². The molecular formula is C31H24N4O8. The van der Waals surface area contributed by atoms with Crippen LogP contribution in [0.1, 0.15) is 48.9 Å². The van der Waals surface area contributed by atoms with Crippen molar-refractivity contribution in [3.8, 4) is 11.1 Å². The molecule has 216 valence electrons. The molecule has 4 amide bonds. The van der Waals surface area contributed by atoms with Crippen molar-refractivity contribution in [1.29, 1.82) is 0 Å². The van der Waals surface area contributed by atoms with Gasteiger partial charge in [-0.25, -0.2) is 0 Å². The quantitative estimate of drug-likeness (QED) is 0.270. The predicted octanol–water partition coefficient (Wildman–Crippen LogP) is 1.43. The lowest BCUT2D eigenvalue weighted by molar-refractivity contribution is 0.0677. The summed E-state index contributed by atoms with van der Waals surface area (Å²) in [6, 6.07) is 12.6. The van der Waals surface area contributed by atoms with Crippen LogP contribution in [0.4, 0.5) is 0 Å². The molecule has 0 saturated heterocycles. The molecule has 0 radical (unpaired) electrons. The van der Waals surface area contributed by atoms with Crippen molar-refractivity contribution in [3.63, 3.8) is 0 Å². The maximum absolute atomic E-state index is 12.1. The van der Waals surface area contributed by atoms with Crippen molar-refractivity contribution in [1.82, 2.24) is 18.9 Å². The first-order valence-corrected chi connectivity index (χ1v) is 12.6.